The second-order valence-electron chi connectivity index (χ2n) is 3.42. The van der Waals surface area contributed by atoms with E-state index in [4.69, 9.17) is 0 Å². The largest absolute Gasteiger partial charge is 0.295 e. The molecule has 15 heavy (non-hydrogen) atoms. The first-order valence-electron chi connectivity index (χ1n) is 5.05. The van der Waals surface area contributed by atoms with E-state index in [1.165, 1.54) is 10.5 Å². The Labute approximate surface area is 95.6 Å². The highest BCUT2D eigenvalue weighted by Gasteiger charge is 1.95. The Hall–Kier alpha value is -1.02. The van der Waals surface area contributed by atoms with E-state index in [-0.39, 0.29) is 5.78 Å². The quantitative estimate of drug-likeness (QED) is 0.428. The van der Waals surface area contributed by atoms with Crippen LogP contribution in [0.2, 0.25) is 0 Å². The molecular weight excluding hydrogens is 204 g/mol. The summed E-state index contributed by atoms with van der Waals surface area (Å²) in [6.45, 7) is 3.69. The molecule has 0 amide bonds. The van der Waals surface area contributed by atoms with Crippen molar-refractivity contribution in [1.29, 1.82) is 0 Å². The van der Waals surface area contributed by atoms with Gasteiger partial charge in [0.2, 0.25) is 0 Å². The standard InChI is InChI=1S/C13H16OS/c1-11-7-3-4-9-13(11)15-10-6-5-8-12(2)14/h3-5,7-9H,6,10H2,1-2H3. The number of thioether (sulfide) groups is 1. The van der Waals surface area contributed by atoms with Crippen LogP contribution in [0.5, 0.6) is 0 Å². The molecule has 0 bridgehead atoms. The fourth-order valence-electron chi connectivity index (χ4n) is 1.20. The van der Waals surface area contributed by atoms with Crippen LogP contribution < -0.4 is 0 Å². The number of rotatable bonds is 5. The van der Waals surface area contributed by atoms with E-state index in [9.17, 15) is 4.79 Å². The molecule has 0 fully saturated rings. The first-order chi connectivity index (χ1) is 7.20. The van der Waals surface area contributed by atoms with Crippen LogP contribution in [0.1, 0.15) is 18.9 Å². The average molecular weight is 220 g/mol. The molecule has 0 radical (unpaired) electrons. The molecule has 1 rings (SSSR count). The SMILES string of the molecule is CC(=O)C=CCCSc1ccccc1C. The van der Waals surface area contributed by atoms with Gasteiger partial charge in [0.1, 0.15) is 0 Å². The minimum absolute atomic E-state index is 0.121. The summed E-state index contributed by atoms with van der Waals surface area (Å²) in [6.07, 6.45) is 4.52. The van der Waals surface area contributed by atoms with Crippen LogP contribution in [0.25, 0.3) is 0 Å². The minimum Gasteiger partial charge on any atom is -0.295 e. The fourth-order valence-corrected chi connectivity index (χ4v) is 2.15. The van der Waals surface area contributed by atoms with Crippen LogP contribution in [0.4, 0.5) is 0 Å². The van der Waals surface area contributed by atoms with Gasteiger partial charge in [0.05, 0.1) is 0 Å². The van der Waals surface area contributed by atoms with Gasteiger partial charge in [-0.25, -0.2) is 0 Å². The highest BCUT2D eigenvalue weighted by molar-refractivity contribution is 7.99. The lowest BCUT2D eigenvalue weighted by atomic mass is 10.2. The van der Waals surface area contributed by atoms with Gasteiger partial charge in [0, 0.05) is 10.6 Å². The van der Waals surface area contributed by atoms with Crippen molar-refractivity contribution in [3.8, 4) is 0 Å². The third-order valence-corrected chi connectivity index (χ3v) is 3.20. The van der Waals surface area contributed by atoms with E-state index in [1.807, 2.05) is 17.8 Å². The van der Waals surface area contributed by atoms with Crippen molar-refractivity contribution in [2.45, 2.75) is 25.2 Å². The van der Waals surface area contributed by atoms with Gasteiger partial charge in [-0.15, -0.1) is 11.8 Å². The Kier molecular flexibility index (Phi) is 5.19. The molecule has 0 aliphatic heterocycles. The Morgan fingerprint density at radius 1 is 1.40 bits per heavy atom. The molecule has 0 spiro atoms. The van der Waals surface area contributed by atoms with E-state index in [1.54, 1.807) is 13.0 Å². The van der Waals surface area contributed by atoms with Gasteiger partial charge in [-0.05, 0) is 38.0 Å². The average Bonchev–Trinajstić information content (AvgIpc) is 2.20. The smallest absolute Gasteiger partial charge is 0.152 e. The van der Waals surface area contributed by atoms with Crippen LogP contribution in [-0.4, -0.2) is 11.5 Å². The van der Waals surface area contributed by atoms with Gasteiger partial charge in [-0.1, -0.05) is 24.3 Å². The van der Waals surface area contributed by atoms with E-state index in [0.29, 0.717) is 0 Å². The van der Waals surface area contributed by atoms with Crippen molar-refractivity contribution >= 4 is 17.5 Å². The van der Waals surface area contributed by atoms with E-state index < -0.39 is 0 Å². The molecule has 0 saturated carbocycles. The maximum absolute atomic E-state index is 10.6. The number of carbonyl (C=O) groups excluding carboxylic acids is 1. The van der Waals surface area contributed by atoms with Gasteiger partial charge in [-0.2, -0.15) is 0 Å². The van der Waals surface area contributed by atoms with Gasteiger partial charge < -0.3 is 0 Å². The fraction of sp³-hybridized carbons (Fsp3) is 0.308. The highest BCUT2D eigenvalue weighted by atomic mass is 32.2. The lowest BCUT2D eigenvalue weighted by molar-refractivity contribution is -0.112. The van der Waals surface area contributed by atoms with Crippen LogP contribution in [0.3, 0.4) is 0 Å². The third-order valence-electron chi connectivity index (χ3n) is 1.99. The van der Waals surface area contributed by atoms with E-state index in [0.717, 1.165) is 12.2 Å². The molecule has 0 N–H and O–H groups in total. The predicted octanol–water partition coefficient (Wildman–Crippen LogP) is 3.62. The third kappa shape index (κ3) is 4.84. The summed E-state index contributed by atoms with van der Waals surface area (Å²) in [5.41, 5.74) is 1.32. The van der Waals surface area contributed by atoms with Crippen molar-refractivity contribution in [3.05, 3.63) is 42.0 Å². The van der Waals surface area contributed by atoms with Crippen LogP contribution in [0, 0.1) is 6.92 Å². The zero-order chi connectivity index (χ0) is 11.1. The van der Waals surface area contributed by atoms with Crippen LogP contribution >= 0.6 is 11.8 Å². The summed E-state index contributed by atoms with van der Waals surface area (Å²) in [5.74, 6) is 1.14. The second-order valence-corrected chi connectivity index (χ2v) is 4.55. The molecule has 1 aromatic carbocycles. The lowest BCUT2D eigenvalue weighted by Gasteiger charge is -2.02. The number of aryl methyl sites for hydroxylation is 1. The number of benzene rings is 1. The van der Waals surface area contributed by atoms with E-state index >= 15 is 0 Å². The summed E-state index contributed by atoms with van der Waals surface area (Å²) in [7, 11) is 0. The van der Waals surface area contributed by atoms with Crippen molar-refractivity contribution in [3.63, 3.8) is 0 Å². The molecule has 0 unspecified atom stereocenters. The van der Waals surface area contributed by atoms with E-state index in [2.05, 4.69) is 31.2 Å². The molecule has 0 aliphatic rings. The van der Waals surface area contributed by atoms with Crippen molar-refractivity contribution in [2.24, 2.45) is 0 Å². The van der Waals surface area contributed by atoms with Gasteiger partial charge in [-0.3, -0.25) is 4.79 Å². The summed E-state index contributed by atoms with van der Waals surface area (Å²) in [4.78, 5) is 12.0. The van der Waals surface area contributed by atoms with Crippen molar-refractivity contribution in [1.82, 2.24) is 0 Å². The minimum atomic E-state index is 0.121. The van der Waals surface area contributed by atoms with Gasteiger partial charge >= 0.3 is 0 Å². The number of hydrogen-bond acceptors (Lipinski definition) is 2. The monoisotopic (exact) mass is 220 g/mol. The molecule has 0 aromatic heterocycles. The molecular formula is C13H16OS. The van der Waals surface area contributed by atoms with Gasteiger partial charge in [0.15, 0.2) is 5.78 Å². The zero-order valence-corrected chi connectivity index (χ0v) is 10.0. The molecule has 1 nitrogen and oxygen atoms in total. The molecule has 0 heterocycles. The van der Waals surface area contributed by atoms with Crippen molar-refractivity contribution < 1.29 is 4.79 Å². The maximum atomic E-state index is 10.6. The normalized spacial score (nSPS) is 10.8. The first kappa shape index (κ1) is 12.1. The highest BCUT2D eigenvalue weighted by Crippen LogP contribution is 2.22. The Morgan fingerprint density at radius 3 is 2.80 bits per heavy atom. The summed E-state index contributed by atoms with van der Waals surface area (Å²) >= 11 is 1.84. The Morgan fingerprint density at radius 2 is 2.13 bits per heavy atom. The topological polar surface area (TPSA) is 17.1 Å². The number of ketones is 1. The molecule has 0 atom stereocenters. The zero-order valence-electron chi connectivity index (χ0n) is 9.19. The maximum Gasteiger partial charge on any atom is 0.152 e. The summed E-state index contributed by atoms with van der Waals surface area (Å²) in [5, 5.41) is 0. The number of hydrogen-bond donors (Lipinski definition) is 0. The molecule has 0 saturated heterocycles. The van der Waals surface area contributed by atoms with Crippen LogP contribution in [-0.2, 0) is 4.79 Å². The molecule has 1 aromatic rings. The molecule has 80 valence electrons. The lowest BCUT2D eigenvalue weighted by Crippen LogP contribution is -1.83. The predicted molar refractivity (Wildman–Crippen MR) is 66.3 cm³/mol. The summed E-state index contributed by atoms with van der Waals surface area (Å²) in [6, 6.07) is 8.36. The molecule has 2 heteroatoms. The Balaban J connectivity index is 2.32. The van der Waals surface area contributed by atoms with Crippen molar-refractivity contribution in [2.75, 3.05) is 5.75 Å². The summed E-state index contributed by atoms with van der Waals surface area (Å²) < 4.78 is 0. The number of allylic oxidation sites excluding steroid dienone is 2. The Bertz CT molecular complexity index is 355. The van der Waals surface area contributed by atoms with Gasteiger partial charge in [0.25, 0.3) is 0 Å². The number of carbonyl (C=O) groups is 1. The van der Waals surface area contributed by atoms with Crippen LogP contribution in [0.15, 0.2) is 41.3 Å². The second kappa shape index (κ2) is 6.46. The first-order valence-corrected chi connectivity index (χ1v) is 6.04. The molecule has 0 aliphatic carbocycles.